The van der Waals surface area contributed by atoms with Crippen LogP contribution in [0.2, 0.25) is 0 Å². The van der Waals surface area contributed by atoms with E-state index in [0.29, 0.717) is 12.2 Å². The Hall–Kier alpha value is -1.33. The smallest absolute Gasteiger partial charge is 0.394 e. The van der Waals surface area contributed by atoms with Gasteiger partial charge in [0.2, 0.25) is 0 Å². The van der Waals surface area contributed by atoms with E-state index in [-0.39, 0.29) is 5.97 Å². The highest BCUT2D eigenvalue weighted by Crippen LogP contribution is 2.10. The number of anilines is 1. The fourth-order valence-corrected chi connectivity index (χ4v) is 1.60. The monoisotopic (exact) mass is 366 g/mol. The van der Waals surface area contributed by atoms with Crippen molar-refractivity contribution >= 4 is 34.7 Å². The molecule has 1 aromatic rings. The number of nitrogens with one attached hydrogen (secondary N) is 2. The van der Waals surface area contributed by atoms with Crippen LogP contribution in [-0.2, 0) is 15.1 Å². The van der Waals surface area contributed by atoms with E-state index in [9.17, 15) is 4.79 Å². The zero-order chi connectivity index (χ0) is 17.7. The minimum absolute atomic E-state index is 0.278. The first-order valence-electron chi connectivity index (χ1n) is 6.80. The molecule has 0 heterocycles. The summed E-state index contributed by atoms with van der Waals surface area (Å²) in [5.41, 5.74) is 1.58. The van der Waals surface area contributed by atoms with Crippen molar-refractivity contribution < 1.29 is 27.1 Å². The quantitative estimate of drug-likeness (QED) is 0.201. The van der Waals surface area contributed by atoms with Crippen LogP contribution in [0.1, 0.15) is 17.3 Å². The lowest BCUT2D eigenvalue weighted by molar-refractivity contribution is 0.0526. The molecule has 0 spiro atoms. The zero-order valence-electron chi connectivity index (χ0n) is 12.7. The molecule has 0 aliphatic rings. The first-order chi connectivity index (χ1) is 10.8. The molecule has 0 radical (unpaired) electrons. The summed E-state index contributed by atoms with van der Waals surface area (Å²) in [6.07, 6.45) is 0. The number of ether oxygens (including phenoxy) is 1. The Morgan fingerprint density at radius 3 is 2.22 bits per heavy atom. The third kappa shape index (κ3) is 14.0. The van der Waals surface area contributed by atoms with Crippen molar-refractivity contribution in [3.8, 4) is 0 Å². The molecule has 0 saturated carbocycles. The molecule has 1 aromatic carbocycles. The van der Waals surface area contributed by atoms with Gasteiger partial charge >= 0.3 is 16.4 Å². The lowest BCUT2D eigenvalue weighted by Crippen LogP contribution is -2.23. The Bertz CT molecular complexity index is 540. The Kier molecular flexibility index (Phi) is 11.4. The summed E-state index contributed by atoms with van der Waals surface area (Å²) in [4.78, 5) is 11.4. The van der Waals surface area contributed by atoms with Crippen molar-refractivity contribution in [2.45, 2.75) is 6.92 Å². The average Bonchev–Trinajstić information content (AvgIpc) is 2.46. The van der Waals surface area contributed by atoms with Crippen LogP contribution in [0.4, 0.5) is 5.69 Å². The summed E-state index contributed by atoms with van der Waals surface area (Å²) in [5.74, 6) is 0.563. The first kappa shape index (κ1) is 21.7. The predicted octanol–water partition coefficient (Wildman–Crippen LogP) is 1.14. The van der Waals surface area contributed by atoms with Gasteiger partial charge in [0.1, 0.15) is 0 Å². The van der Waals surface area contributed by atoms with Crippen molar-refractivity contribution in [2.75, 3.05) is 37.3 Å². The van der Waals surface area contributed by atoms with E-state index in [4.69, 9.17) is 22.3 Å². The van der Waals surface area contributed by atoms with Crippen molar-refractivity contribution in [1.29, 1.82) is 0 Å². The number of rotatable bonds is 8. The molecule has 0 aromatic heterocycles. The van der Waals surface area contributed by atoms with Gasteiger partial charge < -0.3 is 15.4 Å². The maximum Gasteiger partial charge on any atom is 0.394 e. The van der Waals surface area contributed by atoms with Gasteiger partial charge in [0, 0.05) is 31.1 Å². The summed E-state index contributed by atoms with van der Waals surface area (Å²) in [6, 6.07) is 7.29. The van der Waals surface area contributed by atoms with Gasteiger partial charge in [-0.3, -0.25) is 9.11 Å². The molecule has 8 nitrogen and oxygen atoms in total. The van der Waals surface area contributed by atoms with Gasteiger partial charge in [-0.1, -0.05) is 0 Å². The normalized spacial score (nSPS) is 10.4. The van der Waals surface area contributed by atoms with E-state index in [0.717, 1.165) is 31.1 Å². The Morgan fingerprint density at radius 2 is 1.74 bits per heavy atom. The third-order valence-electron chi connectivity index (χ3n) is 2.32. The highest BCUT2D eigenvalue weighted by molar-refractivity contribution is 7.80. The highest BCUT2D eigenvalue weighted by atomic mass is 32.3. The number of carbonyl (C=O) groups excluding carboxylic acids is 1. The standard InChI is InChI=1S/C13H20N2O2S.H2O4S/c1-2-17-13(16)11-3-5-12(6-4-11)15-8-7-14-9-10-18;1-5(2,3)4/h3-6,14-15,18H,2,7-10H2,1H3;(H2,1,2,3,4). The number of carbonyl (C=O) groups is 1. The molecule has 0 atom stereocenters. The minimum Gasteiger partial charge on any atom is -0.462 e. The molecule has 132 valence electrons. The van der Waals surface area contributed by atoms with Gasteiger partial charge in [-0.05, 0) is 31.2 Å². The molecular weight excluding hydrogens is 344 g/mol. The number of hydrogen-bond donors (Lipinski definition) is 5. The first-order valence-corrected chi connectivity index (χ1v) is 8.83. The van der Waals surface area contributed by atoms with Crippen LogP contribution in [-0.4, -0.2) is 55.5 Å². The lowest BCUT2D eigenvalue weighted by atomic mass is 10.2. The molecule has 0 saturated heterocycles. The molecule has 0 aliphatic carbocycles. The van der Waals surface area contributed by atoms with Gasteiger partial charge in [0.15, 0.2) is 0 Å². The number of benzene rings is 1. The van der Waals surface area contributed by atoms with Crippen LogP contribution in [0.5, 0.6) is 0 Å². The van der Waals surface area contributed by atoms with Crippen LogP contribution in [0.15, 0.2) is 24.3 Å². The average molecular weight is 366 g/mol. The second kappa shape index (κ2) is 12.1. The topological polar surface area (TPSA) is 125 Å². The van der Waals surface area contributed by atoms with Gasteiger partial charge in [-0.25, -0.2) is 4.79 Å². The maximum atomic E-state index is 11.4. The molecule has 0 unspecified atom stereocenters. The van der Waals surface area contributed by atoms with E-state index < -0.39 is 10.4 Å². The van der Waals surface area contributed by atoms with E-state index >= 15 is 0 Å². The van der Waals surface area contributed by atoms with Crippen LogP contribution in [0.25, 0.3) is 0 Å². The van der Waals surface area contributed by atoms with Crippen LogP contribution in [0.3, 0.4) is 0 Å². The highest BCUT2D eigenvalue weighted by Gasteiger charge is 2.04. The minimum atomic E-state index is -4.67. The van der Waals surface area contributed by atoms with Crippen molar-refractivity contribution in [3.63, 3.8) is 0 Å². The third-order valence-corrected chi connectivity index (χ3v) is 2.54. The maximum absolute atomic E-state index is 11.4. The second-order valence-electron chi connectivity index (χ2n) is 4.15. The summed E-state index contributed by atoms with van der Waals surface area (Å²) in [5, 5.41) is 6.50. The van der Waals surface area contributed by atoms with E-state index in [1.807, 2.05) is 12.1 Å². The van der Waals surface area contributed by atoms with E-state index in [2.05, 4.69) is 23.3 Å². The predicted molar refractivity (Wildman–Crippen MR) is 91.8 cm³/mol. The molecule has 0 bridgehead atoms. The van der Waals surface area contributed by atoms with E-state index in [1.54, 1.807) is 19.1 Å². The van der Waals surface area contributed by atoms with Gasteiger partial charge in [0.05, 0.1) is 12.2 Å². The van der Waals surface area contributed by atoms with E-state index in [1.165, 1.54) is 0 Å². The molecular formula is C13H22N2O6S2. The molecule has 0 fully saturated rings. The van der Waals surface area contributed by atoms with Crippen molar-refractivity contribution in [2.24, 2.45) is 0 Å². The summed E-state index contributed by atoms with van der Waals surface area (Å²) >= 11 is 4.11. The van der Waals surface area contributed by atoms with Gasteiger partial charge in [0.25, 0.3) is 0 Å². The molecule has 4 N–H and O–H groups in total. The number of hydrogen-bond acceptors (Lipinski definition) is 7. The summed E-state index contributed by atoms with van der Waals surface area (Å²) in [7, 11) is -4.67. The SMILES string of the molecule is CCOC(=O)c1ccc(NCCNCCS)cc1.O=S(=O)(O)O. The second-order valence-corrected chi connectivity index (χ2v) is 5.49. The lowest BCUT2D eigenvalue weighted by Gasteiger charge is -2.08. The summed E-state index contributed by atoms with van der Waals surface area (Å²) < 4.78 is 36.5. The number of esters is 1. The van der Waals surface area contributed by atoms with Gasteiger partial charge in [-0.15, -0.1) is 0 Å². The molecule has 23 heavy (non-hydrogen) atoms. The molecule has 1 rings (SSSR count). The van der Waals surface area contributed by atoms with Crippen molar-refractivity contribution in [1.82, 2.24) is 5.32 Å². The number of thiol groups is 1. The largest absolute Gasteiger partial charge is 0.462 e. The van der Waals surface area contributed by atoms with Crippen LogP contribution in [0, 0.1) is 0 Å². The Morgan fingerprint density at radius 1 is 1.17 bits per heavy atom. The van der Waals surface area contributed by atoms with Crippen molar-refractivity contribution in [3.05, 3.63) is 29.8 Å². The molecule has 10 heteroatoms. The molecule has 0 aliphatic heterocycles. The zero-order valence-corrected chi connectivity index (χ0v) is 14.4. The van der Waals surface area contributed by atoms with Gasteiger partial charge in [-0.2, -0.15) is 21.0 Å². The fraction of sp³-hybridized carbons (Fsp3) is 0.462. The molecule has 0 amide bonds. The van der Waals surface area contributed by atoms with Crippen LogP contribution < -0.4 is 10.6 Å². The Balaban J connectivity index is 0.000000841. The fourth-order valence-electron chi connectivity index (χ4n) is 1.44. The summed E-state index contributed by atoms with van der Waals surface area (Å²) in [6.45, 7) is 4.83. The van der Waals surface area contributed by atoms with Crippen LogP contribution >= 0.6 is 12.6 Å². The Labute approximate surface area is 141 Å².